The van der Waals surface area contributed by atoms with Crippen molar-refractivity contribution in [2.24, 2.45) is 7.05 Å². The Morgan fingerprint density at radius 2 is 1.72 bits per heavy atom. The Bertz CT molecular complexity index is 680. The molecule has 0 spiro atoms. The second-order valence-corrected chi connectivity index (χ2v) is 5.80. The third-order valence-corrected chi connectivity index (χ3v) is 4.52. The molecule has 1 nitrogen and oxygen atoms in total. The minimum absolute atomic E-state index is 1.01. The van der Waals surface area contributed by atoms with Gasteiger partial charge in [-0.25, -0.2) is 0 Å². The van der Waals surface area contributed by atoms with Crippen LogP contribution in [0.3, 0.4) is 0 Å². The zero-order chi connectivity index (χ0) is 12.5. The molecule has 0 aliphatic rings. The first-order valence-corrected chi connectivity index (χ1v) is 6.97. The number of aryl methyl sites for hydroxylation is 2. The number of thiazole rings is 1. The minimum Gasteiger partial charge on any atom is -0.188 e. The summed E-state index contributed by atoms with van der Waals surface area (Å²) in [5.74, 6) is 0. The largest absolute Gasteiger partial charge is 0.242 e. The summed E-state index contributed by atoms with van der Waals surface area (Å²) < 4.78 is 3.67. The third-order valence-electron chi connectivity index (χ3n) is 3.30. The second-order valence-electron chi connectivity index (χ2n) is 4.68. The first-order valence-electron chi connectivity index (χ1n) is 6.16. The normalized spacial score (nSPS) is 11.0. The molecule has 0 unspecified atom stereocenters. The molecule has 0 saturated heterocycles. The van der Waals surface area contributed by atoms with E-state index in [-0.39, 0.29) is 0 Å². The van der Waals surface area contributed by atoms with Gasteiger partial charge in [-0.2, -0.15) is 4.57 Å². The molecule has 90 valence electrons. The van der Waals surface area contributed by atoms with Crippen molar-refractivity contribution in [1.29, 1.82) is 0 Å². The smallest absolute Gasteiger partial charge is 0.188 e. The van der Waals surface area contributed by atoms with E-state index in [1.165, 1.54) is 26.4 Å². The summed E-state index contributed by atoms with van der Waals surface area (Å²) in [6, 6.07) is 17.4. The molecule has 0 aliphatic heterocycles. The van der Waals surface area contributed by atoms with E-state index in [4.69, 9.17) is 0 Å². The molecule has 0 radical (unpaired) electrons. The van der Waals surface area contributed by atoms with Crippen molar-refractivity contribution in [1.82, 2.24) is 0 Å². The molecule has 2 heteroatoms. The maximum Gasteiger partial charge on any atom is 0.242 e. The third kappa shape index (κ3) is 2.04. The number of hydrogen-bond donors (Lipinski definition) is 0. The lowest BCUT2D eigenvalue weighted by molar-refractivity contribution is -0.647. The molecule has 0 amide bonds. The standard InChI is InChI=1S/C16H16NS/c1-12-7-9-13(10-8-12)11-16-17(2)14-5-3-4-6-15(14)18-16/h3-10H,11H2,1-2H3/q+1. The molecular weight excluding hydrogens is 238 g/mol. The highest BCUT2D eigenvalue weighted by Crippen LogP contribution is 2.21. The van der Waals surface area contributed by atoms with Crippen molar-refractivity contribution in [3.63, 3.8) is 0 Å². The number of nitrogens with zero attached hydrogens (tertiary/aromatic N) is 1. The molecule has 18 heavy (non-hydrogen) atoms. The van der Waals surface area contributed by atoms with Gasteiger partial charge in [0.2, 0.25) is 10.5 Å². The fourth-order valence-corrected chi connectivity index (χ4v) is 3.37. The van der Waals surface area contributed by atoms with Crippen molar-refractivity contribution in [3.05, 3.63) is 64.7 Å². The van der Waals surface area contributed by atoms with Crippen molar-refractivity contribution >= 4 is 21.6 Å². The topological polar surface area (TPSA) is 3.88 Å². The highest BCUT2D eigenvalue weighted by Gasteiger charge is 2.16. The van der Waals surface area contributed by atoms with Crippen LogP contribution in [-0.4, -0.2) is 0 Å². The van der Waals surface area contributed by atoms with Gasteiger partial charge in [0.25, 0.3) is 0 Å². The van der Waals surface area contributed by atoms with Crippen LogP contribution < -0.4 is 4.57 Å². The Labute approximate surface area is 111 Å². The first kappa shape index (κ1) is 11.4. The Morgan fingerprint density at radius 1 is 1.00 bits per heavy atom. The average Bonchev–Trinajstić information content (AvgIpc) is 2.70. The van der Waals surface area contributed by atoms with Crippen LogP contribution in [0.15, 0.2) is 48.5 Å². The summed E-state index contributed by atoms with van der Waals surface area (Å²) in [5.41, 5.74) is 4.02. The number of aromatic nitrogens is 1. The van der Waals surface area contributed by atoms with Gasteiger partial charge in [0.1, 0.15) is 11.7 Å². The minimum atomic E-state index is 1.01. The Hall–Kier alpha value is -1.67. The summed E-state index contributed by atoms with van der Waals surface area (Å²) in [5, 5.41) is 1.40. The molecule has 3 aromatic rings. The highest BCUT2D eigenvalue weighted by atomic mass is 32.1. The van der Waals surface area contributed by atoms with Crippen molar-refractivity contribution in [2.75, 3.05) is 0 Å². The van der Waals surface area contributed by atoms with Crippen LogP contribution in [0.1, 0.15) is 16.1 Å². The van der Waals surface area contributed by atoms with Crippen LogP contribution in [0.25, 0.3) is 10.2 Å². The Balaban J connectivity index is 1.99. The van der Waals surface area contributed by atoms with Gasteiger partial charge >= 0.3 is 0 Å². The summed E-state index contributed by atoms with van der Waals surface area (Å²) >= 11 is 1.89. The fourth-order valence-electron chi connectivity index (χ4n) is 2.19. The van der Waals surface area contributed by atoms with E-state index in [1.54, 1.807) is 0 Å². The number of rotatable bonds is 2. The number of hydrogen-bond acceptors (Lipinski definition) is 1. The Kier molecular flexibility index (Phi) is 2.88. The fraction of sp³-hybridized carbons (Fsp3) is 0.188. The summed E-state index contributed by atoms with van der Waals surface area (Å²) in [6.07, 6.45) is 1.01. The van der Waals surface area contributed by atoms with Gasteiger partial charge in [0.05, 0.1) is 6.42 Å². The van der Waals surface area contributed by atoms with Crippen LogP contribution in [0.4, 0.5) is 0 Å². The van der Waals surface area contributed by atoms with Crippen molar-refractivity contribution < 1.29 is 4.57 Å². The van der Waals surface area contributed by atoms with Gasteiger partial charge in [-0.3, -0.25) is 0 Å². The maximum atomic E-state index is 2.31. The quantitative estimate of drug-likeness (QED) is 0.615. The van der Waals surface area contributed by atoms with Gasteiger partial charge in [-0.15, -0.1) is 0 Å². The van der Waals surface area contributed by atoms with Crippen molar-refractivity contribution in [3.8, 4) is 0 Å². The van der Waals surface area contributed by atoms with E-state index in [0.717, 1.165) is 6.42 Å². The molecule has 0 atom stereocenters. The van der Waals surface area contributed by atoms with E-state index >= 15 is 0 Å². The lowest BCUT2D eigenvalue weighted by Crippen LogP contribution is -2.30. The average molecular weight is 254 g/mol. The van der Waals surface area contributed by atoms with Crippen LogP contribution in [-0.2, 0) is 13.5 Å². The molecule has 0 N–H and O–H groups in total. The van der Waals surface area contributed by atoms with Crippen LogP contribution in [0.2, 0.25) is 0 Å². The first-order chi connectivity index (χ1) is 8.74. The monoisotopic (exact) mass is 254 g/mol. The maximum absolute atomic E-state index is 2.31. The van der Waals surface area contributed by atoms with Crippen LogP contribution in [0, 0.1) is 6.92 Å². The summed E-state index contributed by atoms with van der Waals surface area (Å²) in [4.78, 5) is 0. The van der Waals surface area contributed by atoms with E-state index in [0.29, 0.717) is 0 Å². The van der Waals surface area contributed by atoms with E-state index < -0.39 is 0 Å². The predicted octanol–water partition coefficient (Wildman–Crippen LogP) is 3.63. The van der Waals surface area contributed by atoms with Gasteiger partial charge < -0.3 is 0 Å². The number of benzene rings is 2. The van der Waals surface area contributed by atoms with Crippen molar-refractivity contribution in [2.45, 2.75) is 13.3 Å². The highest BCUT2D eigenvalue weighted by molar-refractivity contribution is 7.18. The lowest BCUT2D eigenvalue weighted by atomic mass is 10.1. The Morgan fingerprint density at radius 3 is 2.44 bits per heavy atom. The molecular formula is C16H16NS+. The molecule has 0 saturated carbocycles. The van der Waals surface area contributed by atoms with E-state index in [9.17, 15) is 0 Å². The molecule has 2 aromatic carbocycles. The summed E-state index contributed by atoms with van der Waals surface area (Å²) in [7, 11) is 2.16. The van der Waals surface area contributed by atoms with Gasteiger partial charge in [-0.1, -0.05) is 53.3 Å². The molecule has 0 bridgehead atoms. The van der Waals surface area contributed by atoms with E-state index in [1.807, 2.05) is 11.3 Å². The predicted molar refractivity (Wildman–Crippen MR) is 77.0 cm³/mol. The second kappa shape index (κ2) is 4.54. The van der Waals surface area contributed by atoms with Gasteiger partial charge in [0.15, 0.2) is 0 Å². The molecule has 1 aromatic heterocycles. The number of para-hydroxylation sites is 1. The van der Waals surface area contributed by atoms with Gasteiger partial charge in [-0.05, 0) is 18.6 Å². The summed E-state index contributed by atoms with van der Waals surface area (Å²) in [6.45, 7) is 2.13. The van der Waals surface area contributed by atoms with Crippen LogP contribution >= 0.6 is 11.3 Å². The number of fused-ring (bicyclic) bond motifs is 1. The molecule has 3 rings (SSSR count). The lowest BCUT2D eigenvalue weighted by Gasteiger charge is -1.97. The van der Waals surface area contributed by atoms with Crippen LogP contribution in [0.5, 0.6) is 0 Å². The van der Waals surface area contributed by atoms with E-state index in [2.05, 4.69) is 67.1 Å². The molecule has 1 heterocycles. The van der Waals surface area contributed by atoms with Gasteiger partial charge in [0, 0.05) is 6.07 Å². The SMILES string of the molecule is Cc1ccc(Cc2sc3ccccc3[n+]2C)cc1. The molecule has 0 fully saturated rings. The zero-order valence-electron chi connectivity index (χ0n) is 10.7. The molecule has 0 aliphatic carbocycles. The zero-order valence-corrected chi connectivity index (χ0v) is 11.5.